The molecular formula is C22H27NO4S. The molecule has 150 valence electrons. The monoisotopic (exact) mass is 401 g/mol. The summed E-state index contributed by atoms with van der Waals surface area (Å²) in [6.45, 7) is 1.32. The molecule has 6 heteroatoms. The largest absolute Gasteiger partial charge is 0.486 e. The van der Waals surface area contributed by atoms with Crippen molar-refractivity contribution >= 4 is 10.0 Å². The molecule has 0 saturated heterocycles. The molecule has 2 aliphatic rings. The Labute approximate surface area is 167 Å². The Hall–Kier alpha value is -2.05. The molecule has 1 N–H and O–H groups in total. The molecule has 2 aromatic carbocycles. The highest BCUT2D eigenvalue weighted by Gasteiger charge is 2.27. The van der Waals surface area contributed by atoms with E-state index < -0.39 is 10.0 Å². The van der Waals surface area contributed by atoms with Gasteiger partial charge in [0, 0.05) is 18.5 Å². The van der Waals surface area contributed by atoms with Crippen LogP contribution in [0.25, 0.3) is 0 Å². The van der Waals surface area contributed by atoms with Crippen LogP contribution in [0.5, 0.6) is 11.5 Å². The van der Waals surface area contributed by atoms with Gasteiger partial charge >= 0.3 is 0 Å². The van der Waals surface area contributed by atoms with E-state index in [2.05, 4.69) is 16.9 Å². The zero-order valence-electron chi connectivity index (χ0n) is 16.0. The predicted octanol–water partition coefficient (Wildman–Crippen LogP) is 4.10. The Balaban J connectivity index is 1.52. The smallest absolute Gasteiger partial charge is 0.240 e. The van der Waals surface area contributed by atoms with E-state index in [4.69, 9.17) is 9.47 Å². The quantitative estimate of drug-likeness (QED) is 0.791. The normalized spacial score (nSPS) is 18.6. The van der Waals surface area contributed by atoms with Gasteiger partial charge in [-0.1, -0.05) is 49.6 Å². The first-order valence-corrected chi connectivity index (χ1v) is 11.6. The number of rotatable bonds is 6. The van der Waals surface area contributed by atoms with Crippen LogP contribution in [0.3, 0.4) is 0 Å². The van der Waals surface area contributed by atoms with Crippen LogP contribution >= 0.6 is 0 Å². The number of fused-ring (bicyclic) bond motifs is 1. The third-order valence-corrected chi connectivity index (χ3v) is 7.19. The summed E-state index contributed by atoms with van der Waals surface area (Å²) in [5, 5.41) is 0. The average Bonchev–Trinajstić information content (AvgIpc) is 2.75. The summed E-state index contributed by atoms with van der Waals surface area (Å²) < 4.78 is 39.7. The molecule has 1 aliphatic carbocycles. The number of nitrogens with one attached hydrogen (secondary N) is 1. The van der Waals surface area contributed by atoms with Gasteiger partial charge < -0.3 is 9.47 Å². The van der Waals surface area contributed by atoms with Gasteiger partial charge in [0.05, 0.1) is 4.90 Å². The van der Waals surface area contributed by atoms with Crippen molar-refractivity contribution in [2.45, 2.75) is 42.9 Å². The molecule has 5 nitrogen and oxygen atoms in total. The molecular weight excluding hydrogens is 374 g/mol. The first kappa shape index (κ1) is 19.3. The Morgan fingerprint density at radius 1 is 0.929 bits per heavy atom. The van der Waals surface area contributed by atoms with E-state index in [9.17, 15) is 8.42 Å². The summed E-state index contributed by atoms with van der Waals surface area (Å²) >= 11 is 0. The molecule has 4 rings (SSSR count). The number of ether oxygens (including phenoxy) is 2. The lowest BCUT2D eigenvalue weighted by Crippen LogP contribution is -2.32. The van der Waals surface area contributed by atoms with Crippen molar-refractivity contribution in [3.05, 3.63) is 54.1 Å². The van der Waals surface area contributed by atoms with E-state index in [0.717, 1.165) is 12.8 Å². The van der Waals surface area contributed by atoms with Crippen LogP contribution in [0, 0.1) is 5.92 Å². The SMILES string of the molecule is O=S(=O)(NC[C@@H](c1ccccc1)C1CCCCC1)c1ccc2c(c1)OCCO2. The molecule has 0 amide bonds. The maximum Gasteiger partial charge on any atom is 0.240 e. The Morgan fingerprint density at radius 2 is 1.64 bits per heavy atom. The molecule has 0 aromatic heterocycles. The van der Waals surface area contributed by atoms with Crippen LogP contribution in [0.4, 0.5) is 0 Å². The highest BCUT2D eigenvalue weighted by atomic mass is 32.2. The van der Waals surface area contributed by atoms with Crippen molar-refractivity contribution in [2.75, 3.05) is 19.8 Å². The van der Waals surface area contributed by atoms with Crippen molar-refractivity contribution in [2.24, 2.45) is 5.92 Å². The Bertz CT molecular complexity index is 892. The second-order valence-electron chi connectivity index (χ2n) is 7.57. The standard InChI is InChI=1S/C22H27NO4S/c24-28(25,19-11-12-21-22(15-19)27-14-13-26-21)23-16-20(17-7-3-1-4-8-17)18-9-5-2-6-10-18/h1,3-4,7-8,11-12,15,18,20,23H,2,5-6,9-10,13-14,16H2/t20-/m0/s1. The summed E-state index contributed by atoms with van der Waals surface area (Å²) in [4.78, 5) is 0.215. The Kier molecular flexibility index (Phi) is 5.87. The maximum atomic E-state index is 12.9. The first-order valence-electron chi connectivity index (χ1n) is 10.1. The lowest BCUT2D eigenvalue weighted by Gasteiger charge is -2.31. The fourth-order valence-electron chi connectivity index (χ4n) is 4.27. The molecule has 0 spiro atoms. The van der Waals surface area contributed by atoms with E-state index in [1.165, 1.54) is 24.8 Å². The van der Waals surface area contributed by atoms with Crippen molar-refractivity contribution in [3.8, 4) is 11.5 Å². The number of hydrogen-bond donors (Lipinski definition) is 1. The fourth-order valence-corrected chi connectivity index (χ4v) is 5.34. The first-order chi connectivity index (χ1) is 13.6. The summed E-state index contributed by atoms with van der Waals surface area (Å²) in [7, 11) is -3.62. The zero-order valence-corrected chi connectivity index (χ0v) is 16.8. The maximum absolute atomic E-state index is 12.9. The van der Waals surface area contributed by atoms with Crippen LogP contribution in [-0.4, -0.2) is 28.2 Å². The molecule has 0 radical (unpaired) electrons. The molecule has 1 fully saturated rings. The number of hydrogen-bond acceptors (Lipinski definition) is 4. The second kappa shape index (κ2) is 8.53. The lowest BCUT2D eigenvalue weighted by molar-refractivity contribution is 0.171. The van der Waals surface area contributed by atoms with Gasteiger partial charge in [-0.15, -0.1) is 0 Å². The summed E-state index contributed by atoms with van der Waals surface area (Å²) in [6.07, 6.45) is 6.05. The van der Waals surface area contributed by atoms with Crippen LogP contribution < -0.4 is 14.2 Å². The van der Waals surface area contributed by atoms with Crippen LogP contribution in [0.15, 0.2) is 53.4 Å². The topological polar surface area (TPSA) is 64.6 Å². The molecule has 1 heterocycles. The van der Waals surface area contributed by atoms with Crippen molar-refractivity contribution < 1.29 is 17.9 Å². The molecule has 2 aromatic rings. The average molecular weight is 402 g/mol. The van der Waals surface area contributed by atoms with Crippen molar-refractivity contribution in [1.82, 2.24) is 4.72 Å². The van der Waals surface area contributed by atoms with Gasteiger partial charge in [0.1, 0.15) is 13.2 Å². The van der Waals surface area contributed by atoms with Crippen LogP contribution in [0.1, 0.15) is 43.6 Å². The summed E-state index contributed by atoms with van der Waals surface area (Å²) in [6, 6.07) is 15.1. The van der Waals surface area contributed by atoms with Gasteiger partial charge in [-0.05, 0) is 36.5 Å². The zero-order chi connectivity index (χ0) is 19.4. The molecule has 28 heavy (non-hydrogen) atoms. The van der Waals surface area contributed by atoms with Gasteiger partial charge in [-0.2, -0.15) is 0 Å². The molecule has 0 bridgehead atoms. The molecule has 1 aliphatic heterocycles. The van der Waals surface area contributed by atoms with Gasteiger partial charge in [0.2, 0.25) is 10.0 Å². The van der Waals surface area contributed by atoms with Crippen LogP contribution in [0.2, 0.25) is 0 Å². The second-order valence-corrected chi connectivity index (χ2v) is 9.34. The Morgan fingerprint density at radius 3 is 2.39 bits per heavy atom. The predicted molar refractivity (Wildman–Crippen MR) is 108 cm³/mol. The van der Waals surface area contributed by atoms with E-state index in [0.29, 0.717) is 37.2 Å². The number of sulfonamides is 1. The van der Waals surface area contributed by atoms with Crippen molar-refractivity contribution in [3.63, 3.8) is 0 Å². The van der Waals surface area contributed by atoms with Gasteiger partial charge in [0.25, 0.3) is 0 Å². The summed E-state index contributed by atoms with van der Waals surface area (Å²) in [5.41, 5.74) is 1.21. The van der Waals surface area contributed by atoms with Gasteiger partial charge in [0.15, 0.2) is 11.5 Å². The van der Waals surface area contributed by atoms with Crippen molar-refractivity contribution in [1.29, 1.82) is 0 Å². The van der Waals surface area contributed by atoms with Gasteiger partial charge in [-0.3, -0.25) is 0 Å². The molecule has 1 atom stereocenters. The van der Waals surface area contributed by atoms with Gasteiger partial charge in [-0.25, -0.2) is 13.1 Å². The molecule has 1 saturated carbocycles. The van der Waals surface area contributed by atoms with Crippen LogP contribution in [-0.2, 0) is 10.0 Å². The minimum absolute atomic E-state index is 0.188. The van der Waals surface area contributed by atoms with E-state index >= 15 is 0 Å². The molecule has 0 unspecified atom stereocenters. The third-order valence-electron chi connectivity index (χ3n) is 5.76. The van der Waals surface area contributed by atoms with E-state index in [1.54, 1.807) is 18.2 Å². The lowest BCUT2D eigenvalue weighted by atomic mass is 9.77. The highest BCUT2D eigenvalue weighted by Crippen LogP contribution is 2.36. The third kappa shape index (κ3) is 4.33. The van der Waals surface area contributed by atoms with E-state index in [-0.39, 0.29) is 10.8 Å². The van der Waals surface area contributed by atoms with E-state index in [1.807, 2.05) is 18.2 Å². The number of benzene rings is 2. The highest BCUT2D eigenvalue weighted by molar-refractivity contribution is 7.89. The minimum Gasteiger partial charge on any atom is -0.486 e. The fraction of sp³-hybridized carbons (Fsp3) is 0.455. The summed E-state index contributed by atoms with van der Waals surface area (Å²) in [5.74, 6) is 1.78. The minimum atomic E-state index is -3.62.